The standard InChI is InChI=1S/C12H16N4OS/c1-8-14-9(7-18-8)6-11(13-2)10-4-5-12(17-3)16-15-10/h4-5,7,11,13H,6H2,1-3H3. The summed E-state index contributed by atoms with van der Waals surface area (Å²) >= 11 is 1.66. The number of nitrogens with one attached hydrogen (secondary N) is 1. The van der Waals surface area contributed by atoms with Crippen LogP contribution in [0, 0.1) is 6.92 Å². The number of hydrogen-bond donors (Lipinski definition) is 1. The van der Waals surface area contributed by atoms with Crippen molar-refractivity contribution in [1.82, 2.24) is 20.5 Å². The molecule has 96 valence electrons. The van der Waals surface area contributed by atoms with Gasteiger partial charge in [0.05, 0.1) is 29.5 Å². The zero-order chi connectivity index (χ0) is 13.0. The Morgan fingerprint density at radius 1 is 1.39 bits per heavy atom. The van der Waals surface area contributed by atoms with Gasteiger partial charge in [-0.05, 0) is 20.0 Å². The van der Waals surface area contributed by atoms with Gasteiger partial charge in [0.1, 0.15) is 0 Å². The Bertz CT molecular complexity index is 497. The number of methoxy groups -OCH3 is 1. The van der Waals surface area contributed by atoms with Gasteiger partial charge in [0.25, 0.3) is 0 Å². The molecule has 5 nitrogen and oxygen atoms in total. The molecule has 2 rings (SSSR count). The van der Waals surface area contributed by atoms with Crippen LogP contribution in [0.2, 0.25) is 0 Å². The quantitative estimate of drug-likeness (QED) is 0.891. The number of aromatic nitrogens is 3. The van der Waals surface area contributed by atoms with Crippen molar-refractivity contribution in [2.24, 2.45) is 0 Å². The summed E-state index contributed by atoms with van der Waals surface area (Å²) in [6.07, 6.45) is 0.807. The first-order valence-electron chi connectivity index (χ1n) is 5.69. The van der Waals surface area contributed by atoms with Crippen molar-refractivity contribution < 1.29 is 4.74 Å². The van der Waals surface area contributed by atoms with Crippen molar-refractivity contribution in [2.45, 2.75) is 19.4 Å². The van der Waals surface area contributed by atoms with E-state index in [9.17, 15) is 0 Å². The summed E-state index contributed by atoms with van der Waals surface area (Å²) in [5.41, 5.74) is 1.97. The first-order chi connectivity index (χ1) is 8.72. The number of ether oxygens (including phenoxy) is 1. The fourth-order valence-electron chi connectivity index (χ4n) is 1.69. The normalized spacial score (nSPS) is 12.4. The third-order valence-corrected chi connectivity index (χ3v) is 3.48. The van der Waals surface area contributed by atoms with Gasteiger partial charge in [0.2, 0.25) is 5.88 Å². The van der Waals surface area contributed by atoms with Crippen LogP contribution in [0.3, 0.4) is 0 Å². The van der Waals surface area contributed by atoms with Gasteiger partial charge in [0, 0.05) is 17.9 Å². The molecule has 0 saturated heterocycles. The van der Waals surface area contributed by atoms with Crippen LogP contribution in [0.25, 0.3) is 0 Å². The van der Waals surface area contributed by atoms with Crippen LogP contribution in [0.4, 0.5) is 0 Å². The highest BCUT2D eigenvalue weighted by Gasteiger charge is 2.14. The van der Waals surface area contributed by atoms with Crippen LogP contribution in [-0.2, 0) is 6.42 Å². The van der Waals surface area contributed by atoms with Gasteiger partial charge in [-0.3, -0.25) is 0 Å². The van der Waals surface area contributed by atoms with Crippen molar-refractivity contribution in [1.29, 1.82) is 0 Å². The molecule has 0 amide bonds. The number of hydrogen-bond acceptors (Lipinski definition) is 6. The first-order valence-corrected chi connectivity index (χ1v) is 6.56. The molecule has 0 fully saturated rings. The Labute approximate surface area is 110 Å². The van der Waals surface area contributed by atoms with Gasteiger partial charge >= 0.3 is 0 Å². The van der Waals surface area contributed by atoms with Gasteiger partial charge in [-0.1, -0.05) is 0 Å². The molecule has 0 aromatic carbocycles. The molecular weight excluding hydrogens is 248 g/mol. The lowest BCUT2D eigenvalue weighted by atomic mass is 10.1. The van der Waals surface area contributed by atoms with Gasteiger partial charge in [-0.15, -0.1) is 16.4 Å². The number of aryl methyl sites for hydroxylation is 1. The summed E-state index contributed by atoms with van der Waals surface area (Å²) in [7, 11) is 3.49. The van der Waals surface area contributed by atoms with E-state index >= 15 is 0 Å². The van der Waals surface area contributed by atoms with E-state index in [0.29, 0.717) is 5.88 Å². The molecule has 2 aromatic rings. The van der Waals surface area contributed by atoms with E-state index < -0.39 is 0 Å². The SMILES string of the molecule is CNC(Cc1csc(C)n1)c1ccc(OC)nn1. The Hall–Kier alpha value is -1.53. The maximum Gasteiger partial charge on any atom is 0.233 e. The van der Waals surface area contributed by atoms with Crippen molar-refractivity contribution in [2.75, 3.05) is 14.2 Å². The van der Waals surface area contributed by atoms with Crippen LogP contribution in [0.15, 0.2) is 17.5 Å². The number of nitrogens with zero attached hydrogens (tertiary/aromatic N) is 3. The van der Waals surface area contributed by atoms with Gasteiger partial charge in [0.15, 0.2) is 0 Å². The molecule has 0 spiro atoms. The van der Waals surface area contributed by atoms with Crippen molar-refractivity contribution in [3.63, 3.8) is 0 Å². The van der Waals surface area contributed by atoms with E-state index in [2.05, 4.69) is 25.9 Å². The fraction of sp³-hybridized carbons (Fsp3) is 0.417. The molecule has 0 aliphatic carbocycles. The lowest BCUT2D eigenvalue weighted by Crippen LogP contribution is -2.20. The van der Waals surface area contributed by atoms with E-state index in [1.165, 1.54) is 0 Å². The zero-order valence-corrected chi connectivity index (χ0v) is 11.5. The van der Waals surface area contributed by atoms with E-state index in [1.807, 2.05) is 26.1 Å². The van der Waals surface area contributed by atoms with E-state index in [-0.39, 0.29) is 6.04 Å². The summed E-state index contributed by atoms with van der Waals surface area (Å²) in [4.78, 5) is 4.46. The number of thiazole rings is 1. The average Bonchev–Trinajstić information content (AvgIpc) is 2.82. The highest BCUT2D eigenvalue weighted by molar-refractivity contribution is 7.09. The Kier molecular flexibility index (Phi) is 4.22. The second-order valence-electron chi connectivity index (χ2n) is 3.90. The highest BCUT2D eigenvalue weighted by Crippen LogP contribution is 2.18. The lowest BCUT2D eigenvalue weighted by molar-refractivity contribution is 0.389. The summed E-state index contributed by atoms with van der Waals surface area (Å²) < 4.78 is 5.00. The molecular formula is C12H16N4OS. The minimum Gasteiger partial charge on any atom is -0.480 e. The van der Waals surface area contributed by atoms with Crippen LogP contribution in [-0.4, -0.2) is 29.3 Å². The van der Waals surface area contributed by atoms with Crippen LogP contribution in [0.1, 0.15) is 22.4 Å². The van der Waals surface area contributed by atoms with Gasteiger partial charge in [-0.2, -0.15) is 5.10 Å². The monoisotopic (exact) mass is 264 g/mol. The molecule has 0 aliphatic rings. The van der Waals surface area contributed by atoms with Crippen molar-refractivity contribution in [3.05, 3.63) is 33.9 Å². The van der Waals surface area contributed by atoms with E-state index in [0.717, 1.165) is 22.8 Å². The topological polar surface area (TPSA) is 59.9 Å². The number of likely N-dealkylation sites (N-methyl/N-ethyl adjacent to an activating group) is 1. The Morgan fingerprint density at radius 2 is 2.22 bits per heavy atom. The third-order valence-electron chi connectivity index (χ3n) is 2.66. The molecule has 0 saturated carbocycles. The Balaban J connectivity index is 2.12. The van der Waals surface area contributed by atoms with Crippen molar-refractivity contribution in [3.8, 4) is 5.88 Å². The Morgan fingerprint density at radius 3 is 2.72 bits per heavy atom. The lowest BCUT2D eigenvalue weighted by Gasteiger charge is -2.13. The van der Waals surface area contributed by atoms with Crippen LogP contribution in [0.5, 0.6) is 5.88 Å². The summed E-state index contributed by atoms with van der Waals surface area (Å²) in [5.74, 6) is 0.526. The minimum absolute atomic E-state index is 0.116. The predicted molar refractivity (Wildman–Crippen MR) is 70.9 cm³/mol. The molecule has 1 atom stereocenters. The molecule has 6 heteroatoms. The minimum atomic E-state index is 0.116. The molecule has 0 radical (unpaired) electrons. The smallest absolute Gasteiger partial charge is 0.233 e. The highest BCUT2D eigenvalue weighted by atomic mass is 32.1. The summed E-state index contributed by atoms with van der Waals surface area (Å²) in [6.45, 7) is 2.01. The van der Waals surface area contributed by atoms with E-state index in [4.69, 9.17) is 4.74 Å². The molecule has 1 N–H and O–H groups in total. The largest absolute Gasteiger partial charge is 0.480 e. The maximum absolute atomic E-state index is 5.00. The van der Waals surface area contributed by atoms with E-state index in [1.54, 1.807) is 18.4 Å². The zero-order valence-electron chi connectivity index (χ0n) is 10.7. The second-order valence-corrected chi connectivity index (χ2v) is 4.97. The third kappa shape index (κ3) is 3.02. The van der Waals surface area contributed by atoms with Gasteiger partial charge in [-0.25, -0.2) is 4.98 Å². The molecule has 1 unspecified atom stereocenters. The second kappa shape index (κ2) is 5.88. The van der Waals surface area contributed by atoms with Crippen molar-refractivity contribution >= 4 is 11.3 Å². The fourth-order valence-corrected chi connectivity index (χ4v) is 2.32. The summed E-state index contributed by atoms with van der Waals surface area (Å²) in [5, 5.41) is 14.5. The molecule has 2 aromatic heterocycles. The molecule has 0 aliphatic heterocycles. The predicted octanol–water partition coefficient (Wildman–Crippen LogP) is 1.75. The van der Waals surface area contributed by atoms with Gasteiger partial charge < -0.3 is 10.1 Å². The maximum atomic E-state index is 5.00. The molecule has 18 heavy (non-hydrogen) atoms. The molecule has 2 heterocycles. The first kappa shape index (κ1) is 12.9. The molecule has 0 bridgehead atoms. The number of rotatable bonds is 5. The average molecular weight is 264 g/mol. The summed E-state index contributed by atoms with van der Waals surface area (Å²) in [6, 6.07) is 3.86. The van der Waals surface area contributed by atoms with Crippen LogP contribution >= 0.6 is 11.3 Å². The van der Waals surface area contributed by atoms with Crippen LogP contribution < -0.4 is 10.1 Å².